The molecule has 0 bridgehead atoms. The largest absolute Gasteiger partial charge is 0.492 e. The van der Waals surface area contributed by atoms with Crippen LogP contribution in [0.4, 0.5) is 5.69 Å². The summed E-state index contributed by atoms with van der Waals surface area (Å²) < 4.78 is 5.75. The van der Waals surface area contributed by atoms with E-state index in [1.807, 2.05) is 11.3 Å². The second-order valence-electron chi connectivity index (χ2n) is 5.87. The molecule has 0 unspecified atom stereocenters. The second-order valence-corrected chi connectivity index (χ2v) is 6.87. The van der Waals surface area contributed by atoms with E-state index >= 15 is 0 Å². The second kappa shape index (κ2) is 6.68. The third-order valence-electron chi connectivity index (χ3n) is 4.44. The molecular formula is C17H20N2O3S. The standard InChI is InChI=1S/C17H20N2O3S/c1-12-11-17-16(7-10-23-17)13(2)18(12)8-9-22-15-5-3-14(4-6-15)19(20)21/h3-7,10,12-13H,8-9,11H2,1-2H3/t12-,13+/m1/s1. The molecule has 23 heavy (non-hydrogen) atoms. The molecule has 0 saturated carbocycles. The number of hydrogen-bond donors (Lipinski definition) is 0. The smallest absolute Gasteiger partial charge is 0.269 e. The van der Waals surface area contributed by atoms with Crippen molar-refractivity contribution < 1.29 is 9.66 Å². The highest BCUT2D eigenvalue weighted by atomic mass is 32.1. The number of non-ortho nitro benzene ring substituents is 1. The lowest BCUT2D eigenvalue weighted by Crippen LogP contribution is -2.42. The topological polar surface area (TPSA) is 55.6 Å². The first-order chi connectivity index (χ1) is 11.1. The molecular weight excluding hydrogens is 312 g/mol. The van der Waals surface area contributed by atoms with Crippen molar-refractivity contribution in [1.29, 1.82) is 0 Å². The number of thiophene rings is 1. The summed E-state index contributed by atoms with van der Waals surface area (Å²) in [5.74, 6) is 0.670. The summed E-state index contributed by atoms with van der Waals surface area (Å²) in [5.41, 5.74) is 1.52. The molecule has 0 fully saturated rings. The van der Waals surface area contributed by atoms with Gasteiger partial charge >= 0.3 is 0 Å². The summed E-state index contributed by atoms with van der Waals surface area (Å²) in [7, 11) is 0. The zero-order valence-corrected chi connectivity index (χ0v) is 14.1. The summed E-state index contributed by atoms with van der Waals surface area (Å²) in [6.45, 7) is 5.92. The number of nitro groups is 1. The summed E-state index contributed by atoms with van der Waals surface area (Å²) in [6, 6.07) is 9.37. The Kier molecular flexibility index (Phi) is 4.63. The number of ether oxygens (including phenoxy) is 1. The van der Waals surface area contributed by atoms with Crippen LogP contribution in [0.3, 0.4) is 0 Å². The number of hydrogen-bond acceptors (Lipinski definition) is 5. The Hall–Kier alpha value is -1.92. The van der Waals surface area contributed by atoms with Crippen molar-refractivity contribution in [3.8, 4) is 5.75 Å². The molecule has 0 radical (unpaired) electrons. The van der Waals surface area contributed by atoms with Crippen LogP contribution < -0.4 is 4.74 Å². The van der Waals surface area contributed by atoms with Gasteiger partial charge in [-0.05, 0) is 49.4 Å². The minimum atomic E-state index is -0.403. The fourth-order valence-electron chi connectivity index (χ4n) is 3.18. The lowest BCUT2D eigenvalue weighted by molar-refractivity contribution is -0.384. The third-order valence-corrected chi connectivity index (χ3v) is 5.40. The van der Waals surface area contributed by atoms with Crippen molar-refractivity contribution in [3.63, 3.8) is 0 Å². The van der Waals surface area contributed by atoms with E-state index in [4.69, 9.17) is 4.74 Å². The Bertz CT molecular complexity index is 683. The molecule has 1 aromatic carbocycles. The molecule has 3 rings (SSSR count). The molecule has 1 aliphatic heterocycles. The highest BCUT2D eigenvalue weighted by Crippen LogP contribution is 2.35. The first kappa shape index (κ1) is 16.0. The van der Waals surface area contributed by atoms with Crippen molar-refractivity contribution in [2.24, 2.45) is 0 Å². The van der Waals surface area contributed by atoms with Crippen molar-refractivity contribution in [3.05, 3.63) is 56.3 Å². The van der Waals surface area contributed by atoms with Crippen molar-refractivity contribution in [1.82, 2.24) is 4.90 Å². The number of rotatable bonds is 5. The zero-order chi connectivity index (χ0) is 16.4. The Balaban J connectivity index is 1.57. The first-order valence-electron chi connectivity index (χ1n) is 7.75. The van der Waals surface area contributed by atoms with E-state index in [0.717, 1.165) is 13.0 Å². The summed E-state index contributed by atoms with van der Waals surface area (Å²) >= 11 is 1.85. The fourth-order valence-corrected chi connectivity index (χ4v) is 4.27. The van der Waals surface area contributed by atoms with Crippen molar-refractivity contribution in [2.75, 3.05) is 13.2 Å². The molecule has 1 aromatic heterocycles. The van der Waals surface area contributed by atoms with Crippen LogP contribution in [-0.2, 0) is 6.42 Å². The zero-order valence-electron chi connectivity index (χ0n) is 13.3. The SMILES string of the molecule is C[C@@H]1Cc2sccc2[C@H](C)N1CCOc1ccc([N+](=O)[O-])cc1. The van der Waals surface area contributed by atoms with Crippen LogP contribution in [0.25, 0.3) is 0 Å². The van der Waals surface area contributed by atoms with Crippen LogP contribution in [0.15, 0.2) is 35.7 Å². The van der Waals surface area contributed by atoms with E-state index in [1.54, 1.807) is 12.1 Å². The molecule has 0 N–H and O–H groups in total. The van der Waals surface area contributed by atoms with Gasteiger partial charge in [0.15, 0.2) is 0 Å². The van der Waals surface area contributed by atoms with Gasteiger partial charge in [-0.25, -0.2) is 0 Å². The molecule has 6 heteroatoms. The highest BCUT2D eigenvalue weighted by molar-refractivity contribution is 7.10. The number of nitro benzene ring substituents is 1. The van der Waals surface area contributed by atoms with Gasteiger partial charge in [0, 0.05) is 35.6 Å². The van der Waals surface area contributed by atoms with Gasteiger partial charge in [-0.15, -0.1) is 11.3 Å². The quantitative estimate of drug-likeness (QED) is 0.612. The number of benzene rings is 1. The fraction of sp³-hybridized carbons (Fsp3) is 0.412. The molecule has 2 heterocycles. The maximum absolute atomic E-state index is 10.6. The Morgan fingerprint density at radius 2 is 2.04 bits per heavy atom. The monoisotopic (exact) mass is 332 g/mol. The number of fused-ring (bicyclic) bond motifs is 1. The average molecular weight is 332 g/mol. The van der Waals surface area contributed by atoms with E-state index in [1.165, 1.54) is 22.6 Å². The molecule has 2 aromatic rings. The molecule has 122 valence electrons. The van der Waals surface area contributed by atoms with Gasteiger partial charge in [0.25, 0.3) is 5.69 Å². The van der Waals surface area contributed by atoms with Crippen LogP contribution in [0, 0.1) is 10.1 Å². The van der Waals surface area contributed by atoms with E-state index in [9.17, 15) is 10.1 Å². The van der Waals surface area contributed by atoms with E-state index < -0.39 is 4.92 Å². The van der Waals surface area contributed by atoms with Crippen molar-refractivity contribution >= 4 is 17.0 Å². The van der Waals surface area contributed by atoms with E-state index in [-0.39, 0.29) is 5.69 Å². The molecule has 0 spiro atoms. The Morgan fingerprint density at radius 3 is 2.74 bits per heavy atom. The summed E-state index contributed by atoms with van der Waals surface area (Å²) in [4.78, 5) is 14.2. The lowest BCUT2D eigenvalue weighted by Gasteiger charge is -2.38. The van der Waals surface area contributed by atoms with Gasteiger partial charge < -0.3 is 4.74 Å². The average Bonchev–Trinajstić information content (AvgIpc) is 2.99. The molecule has 2 atom stereocenters. The number of nitrogens with zero attached hydrogens (tertiary/aromatic N) is 2. The maximum Gasteiger partial charge on any atom is 0.269 e. The van der Waals surface area contributed by atoms with Gasteiger partial charge in [0.2, 0.25) is 0 Å². The van der Waals surface area contributed by atoms with Gasteiger partial charge in [-0.2, -0.15) is 0 Å². The molecule has 5 nitrogen and oxygen atoms in total. The molecule has 0 saturated heterocycles. The minimum absolute atomic E-state index is 0.0839. The predicted octanol–water partition coefficient (Wildman–Crippen LogP) is 4.04. The van der Waals surface area contributed by atoms with Gasteiger partial charge in [0.05, 0.1) is 4.92 Å². The highest BCUT2D eigenvalue weighted by Gasteiger charge is 2.29. The third kappa shape index (κ3) is 3.38. The van der Waals surface area contributed by atoms with Crippen LogP contribution in [-0.4, -0.2) is 29.0 Å². The van der Waals surface area contributed by atoms with Gasteiger partial charge in [-0.1, -0.05) is 0 Å². The van der Waals surface area contributed by atoms with Gasteiger partial charge in [-0.3, -0.25) is 15.0 Å². The Labute approximate surface area is 139 Å². The van der Waals surface area contributed by atoms with Gasteiger partial charge in [0.1, 0.15) is 12.4 Å². The van der Waals surface area contributed by atoms with Crippen molar-refractivity contribution in [2.45, 2.75) is 32.4 Å². The Morgan fingerprint density at radius 1 is 1.30 bits per heavy atom. The van der Waals surface area contributed by atoms with Crippen LogP contribution in [0.2, 0.25) is 0 Å². The first-order valence-corrected chi connectivity index (χ1v) is 8.63. The predicted molar refractivity (Wildman–Crippen MR) is 91.2 cm³/mol. The van der Waals surface area contributed by atoms with E-state index in [2.05, 4.69) is 30.2 Å². The molecule has 1 aliphatic rings. The summed E-state index contributed by atoms with van der Waals surface area (Å²) in [5, 5.41) is 12.8. The minimum Gasteiger partial charge on any atom is -0.492 e. The summed E-state index contributed by atoms with van der Waals surface area (Å²) in [6.07, 6.45) is 1.09. The molecule has 0 aliphatic carbocycles. The normalized spacial score (nSPS) is 21.0. The maximum atomic E-state index is 10.6. The molecule has 0 amide bonds. The van der Waals surface area contributed by atoms with Crippen LogP contribution in [0.1, 0.15) is 30.3 Å². The lowest BCUT2D eigenvalue weighted by atomic mass is 9.96. The van der Waals surface area contributed by atoms with E-state index in [0.29, 0.717) is 24.4 Å². The van der Waals surface area contributed by atoms with Crippen LogP contribution in [0.5, 0.6) is 5.75 Å². The van der Waals surface area contributed by atoms with Crippen LogP contribution >= 0.6 is 11.3 Å².